The van der Waals surface area contributed by atoms with Crippen molar-refractivity contribution in [2.45, 2.75) is 40.0 Å². The molecule has 0 bridgehead atoms. The van der Waals surface area contributed by atoms with Gasteiger partial charge in [-0.2, -0.15) is 9.97 Å². The van der Waals surface area contributed by atoms with Crippen LogP contribution in [-0.2, 0) is 0 Å². The summed E-state index contributed by atoms with van der Waals surface area (Å²) in [4.78, 5) is 13.6. The number of rotatable bonds is 6. The lowest BCUT2D eigenvalue weighted by atomic mass is 10.2. The predicted octanol–water partition coefficient (Wildman–Crippen LogP) is 2.68. The van der Waals surface area contributed by atoms with Crippen LogP contribution < -0.4 is 10.3 Å². The van der Waals surface area contributed by atoms with Gasteiger partial charge in [0.2, 0.25) is 0 Å². The molecular formula is C12H19N3O. The van der Waals surface area contributed by atoms with Crippen LogP contribution in [0.4, 0.5) is 0 Å². The highest BCUT2D eigenvalue weighted by Gasteiger charge is 2.01. The fourth-order valence-corrected chi connectivity index (χ4v) is 1.30. The molecule has 0 aromatic carbocycles. The minimum Gasteiger partial charge on any atom is -0.340 e. The van der Waals surface area contributed by atoms with E-state index in [0.717, 1.165) is 36.3 Å². The molecule has 4 nitrogen and oxygen atoms in total. The summed E-state index contributed by atoms with van der Waals surface area (Å²) in [7, 11) is 0. The third kappa shape index (κ3) is 4.29. The number of aromatic nitrogens is 2. The van der Waals surface area contributed by atoms with E-state index >= 15 is 0 Å². The Balaban J connectivity index is 2.45. The first kappa shape index (κ1) is 12.5. The second kappa shape index (κ2) is 6.10. The third-order valence-corrected chi connectivity index (χ3v) is 2.08. The molecule has 0 unspecified atom stereocenters. The zero-order valence-corrected chi connectivity index (χ0v) is 10.2. The van der Waals surface area contributed by atoms with Gasteiger partial charge in [-0.15, -0.1) is 0 Å². The van der Waals surface area contributed by atoms with Crippen LogP contribution in [-0.4, -0.2) is 9.97 Å². The minimum atomic E-state index is 0.343. The van der Waals surface area contributed by atoms with E-state index in [0.29, 0.717) is 6.01 Å². The zero-order valence-electron chi connectivity index (χ0n) is 10.2. The highest BCUT2D eigenvalue weighted by atomic mass is 16.7. The van der Waals surface area contributed by atoms with Crippen molar-refractivity contribution in [2.75, 3.05) is 0 Å². The van der Waals surface area contributed by atoms with Crippen LogP contribution >= 0.6 is 0 Å². The van der Waals surface area contributed by atoms with Gasteiger partial charge in [0.25, 0.3) is 0 Å². The maximum Gasteiger partial charge on any atom is 0.343 e. The number of hydrogen-bond donors (Lipinski definition) is 1. The summed E-state index contributed by atoms with van der Waals surface area (Å²) in [5, 5.41) is 0. The van der Waals surface area contributed by atoms with Gasteiger partial charge in [-0.25, -0.2) is 5.48 Å². The number of aryl methyl sites for hydroxylation is 2. The summed E-state index contributed by atoms with van der Waals surface area (Å²) < 4.78 is 0. The van der Waals surface area contributed by atoms with Crippen molar-refractivity contribution in [1.82, 2.24) is 15.4 Å². The summed E-state index contributed by atoms with van der Waals surface area (Å²) >= 11 is 0. The van der Waals surface area contributed by atoms with Crippen molar-refractivity contribution in [3.63, 3.8) is 0 Å². The molecule has 1 aromatic heterocycles. The Morgan fingerprint density at radius 3 is 2.56 bits per heavy atom. The highest BCUT2D eigenvalue weighted by molar-refractivity contribution is 5.11. The van der Waals surface area contributed by atoms with Crippen molar-refractivity contribution < 1.29 is 4.84 Å². The van der Waals surface area contributed by atoms with Crippen LogP contribution in [0.15, 0.2) is 18.3 Å². The van der Waals surface area contributed by atoms with E-state index < -0.39 is 0 Å². The molecular weight excluding hydrogens is 202 g/mol. The van der Waals surface area contributed by atoms with Gasteiger partial charge < -0.3 is 4.84 Å². The fourth-order valence-electron chi connectivity index (χ4n) is 1.30. The zero-order chi connectivity index (χ0) is 12.0. The van der Waals surface area contributed by atoms with Gasteiger partial charge in [-0.1, -0.05) is 19.9 Å². The summed E-state index contributed by atoms with van der Waals surface area (Å²) in [6.07, 6.45) is 3.14. The average molecular weight is 221 g/mol. The van der Waals surface area contributed by atoms with E-state index in [9.17, 15) is 0 Å². The van der Waals surface area contributed by atoms with Gasteiger partial charge >= 0.3 is 6.01 Å². The van der Waals surface area contributed by atoms with Crippen molar-refractivity contribution >= 4 is 0 Å². The summed E-state index contributed by atoms with van der Waals surface area (Å²) in [6.45, 7) is 9.82. The first-order valence-electron chi connectivity index (χ1n) is 5.54. The van der Waals surface area contributed by atoms with Gasteiger partial charge in [0.05, 0.1) is 0 Å². The normalized spacial score (nSPS) is 9.94. The average Bonchev–Trinajstić information content (AvgIpc) is 2.22. The Kier molecular flexibility index (Phi) is 4.76. The predicted molar refractivity (Wildman–Crippen MR) is 63.9 cm³/mol. The van der Waals surface area contributed by atoms with Gasteiger partial charge in [-0.05, 0) is 32.8 Å². The van der Waals surface area contributed by atoms with Crippen molar-refractivity contribution in [1.29, 1.82) is 0 Å². The lowest BCUT2D eigenvalue weighted by Gasteiger charge is -2.09. The molecule has 0 spiro atoms. The van der Waals surface area contributed by atoms with Crippen LogP contribution in [0.25, 0.3) is 0 Å². The summed E-state index contributed by atoms with van der Waals surface area (Å²) in [5.41, 5.74) is 5.40. The molecule has 4 heteroatoms. The molecule has 0 aliphatic carbocycles. The maximum atomic E-state index is 5.25. The number of unbranched alkanes of at least 4 members (excludes halogenated alkanes) is 1. The first-order valence-corrected chi connectivity index (χ1v) is 5.54. The van der Waals surface area contributed by atoms with Crippen LogP contribution in [0.3, 0.4) is 0 Å². The molecule has 0 aliphatic heterocycles. The molecule has 0 aliphatic rings. The topological polar surface area (TPSA) is 47.0 Å². The largest absolute Gasteiger partial charge is 0.343 e. The number of nitrogens with one attached hydrogen (secondary N) is 1. The van der Waals surface area contributed by atoms with E-state index in [1.807, 2.05) is 19.9 Å². The Morgan fingerprint density at radius 2 is 2.00 bits per heavy atom. The molecule has 88 valence electrons. The van der Waals surface area contributed by atoms with Gasteiger partial charge in [-0.3, -0.25) is 0 Å². The standard InChI is InChI=1S/C12H19N3O/c1-5-6-7-9(2)15-16-12-13-10(3)8-11(4)14-12/h8,15H,2,5-7H2,1,3-4H3. The molecule has 0 radical (unpaired) electrons. The third-order valence-electron chi connectivity index (χ3n) is 2.08. The van der Waals surface area contributed by atoms with Crippen LogP contribution in [0.2, 0.25) is 0 Å². The Hall–Kier alpha value is -1.58. The summed E-state index contributed by atoms with van der Waals surface area (Å²) in [6, 6.07) is 2.24. The SMILES string of the molecule is C=C(CCCC)NOc1nc(C)cc(C)n1. The molecule has 0 amide bonds. The number of allylic oxidation sites excluding steroid dienone is 1. The van der Waals surface area contributed by atoms with Crippen LogP contribution in [0.5, 0.6) is 6.01 Å². The molecule has 0 saturated carbocycles. The van der Waals surface area contributed by atoms with E-state index in [2.05, 4.69) is 29.0 Å². The number of hydrogen-bond acceptors (Lipinski definition) is 4. The Labute approximate surface area is 96.7 Å². The molecule has 0 atom stereocenters. The Morgan fingerprint density at radius 1 is 1.38 bits per heavy atom. The smallest absolute Gasteiger partial charge is 0.340 e. The Bertz CT molecular complexity index is 343. The van der Waals surface area contributed by atoms with Crippen LogP contribution in [0, 0.1) is 13.8 Å². The van der Waals surface area contributed by atoms with Crippen LogP contribution in [0.1, 0.15) is 37.6 Å². The van der Waals surface area contributed by atoms with Crippen molar-refractivity contribution in [2.24, 2.45) is 0 Å². The lowest BCUT2D eigenvalue weighted by molar-refractivity contribution is 0.203. The number of hydroxylamine groups is 1. The van der Waals surface area contributed by atoms with E-state index in [1.54, 1.807) is 0 Å². The number of nitrogens with zero attached hydrogens (tertiary/aromatic N) is 2. The fraction of sp³-hybridized carbons (Fsp3) is 0.500. The summed E-state index contributed by atoms with van der Waals surface area (Å²) in [5.74, 6) is 0. The van der Waals surface area contributed by atoms with E-state index in [-0.39, 0.29) is 0 Å². The molecule has 0 fully saturated rings. The molecule has 1 N–H and O–H groups in total. The molecule has 16 heavy (non-hydrogen) atoms. The minimum absolute atomic E-state index is 0.343. The van der Waals surface area contributed by atoms with Crippen molar-refractivity contribution in [3.05, 3.63) is 29.7 Å². The van der Waals surface area contributed by atoms with E-state index in [4.69, 9.17) is 4.84 Å². The highest BCUT2D eigenvalue weighted by Crippen LogP contribution is 2.06. The van der Waals surface area contributed by atoms with Gasteiger partial charge in [0.15, 0.2) is 0 Å². The monoisotopic (exact) mass is 221 g/mol. The van der Waals surface area contributed by atoms with Crippen molar-refractivity contribution in [3.8, 4) is 6.01 Å². The second-order valence-corrected chi connectivity index (χ2v) is 3.84. The first-order chi connectivity index (χ1) is 7.61. The van der Waals surface area contributed by atoms with Gasteiger partial charge in [0, 0.05) is 17.1 Å². The quantitative estimate of drug-likeness (QED) is 0.750. The lowest BCUT2D eigenvalue weighted by Crippen LogP contribution is -2.19. The molecule has 0 saturated heterocycles. The second-order valence-electron chi connectivity index (χ2n) is 3.84. The molecule has 1 aromatic rings. The molecule has 1 rings (SSSR count). The van der Waals surface area contributed by atoms with Gasteiger partial charge in [0.1, 0.15) is 0 Å². The van der Waals surface area contributed by atoms with E-state index in [1.165, 1.54) is 0 Å². The maximum absolute atomic E-state index is 5.25. The molecule has 1 heterocycles.